The normalized spacial score (nSPS) is 23.3. The van der Waals surface area contributed by atoms with Crippen LogP contribution in [0.25, 0.3) is 0 Å². The Hall–Kier alpha value is -1.72. The molecule has 2 rings (SSSR count). The highest BCUT2D eigenvalue weighted by Gasteiger charge is 2.44. The van der Waals surface area contributed by atoms with E-state index in [9.17, 15) is 4.79 Å². The minimum absolute atomic E-state index is 0.253. The van der Waals surface area contributed by atoms with Crippen molar-refractivity contribution in [2.75, 3.05) is 19.8 Å². The highest BCUT2D eigenvalue weighted by atomic mass is 16.6. The molecule has 18 heavy (non-hydrogen) atoms. The lowest BCUT2D eigenvalue weighted by atomic mass is 9.99. The second-order valence-electron chi connectivity index (χ2n) is 3.90. The third-order valence-electron chi connectivity index (χ3n) is 2.67. The van der Waals surface area contributed by atoms with E-state index in [0.29, 0.717) is 18.9 Å². The van der Waals surface area contributed by atoms with Gasteiger partial charge in [0.25, 0.3) is 5.72 Å². The predicted molar refractivity (Wildman–Crippen MR) is 67.3 cm³/mol. The Bertz CT molecular complexity index is 459. The number of hydrogen-bond donors (Lipinski definition) is 1. The minimum atomic E-state index is -1.60. The molecule has 0 saturated carbocycles. The lowest BCUT2D eigenvalue weighted by Gasteiger charge is -2.31. The highest BCUT2D eigenvalue weighted by Crippen LogP contribution is 2.19. The molecular weight excluding hydrogens is 232 g/mol. The van der Waals surface area contributed by atoms with Crippen LogP contribution in [-0.2, 0) is 14.3 Å². The molecule has 0 aliphatic carbocycles. The van der Waals surface area contributed by atoms with Crippen LogP contribution in [0.5, 0.6) is 0 Å². The van der Waals surface area contributed by atoms with Crippen molar-refractivity contribution in [3.05, 3.63) is 35.9 Å². The van der Waals surface area contributed by atoms with Gasteiger partial charge < -0.3 is 9.47 Å². The summed E-state index contributed by atoms with van der Waals surface area (Å²) in [6.07, 6.45) is 0. The van der Waals surface area contributed by atoms with Crippen LogP contribution in [0.15, 0.2) is 35.3 Å². The highest BCUT2D eigenvalue weighted by molar-refractivity contribution is 6.18. The van der Waals surface area contributed by atoms with Crippen molar-refractivity contribution in [2.45, 2.75) is 12.6 Å². The predicted octanol–water partition coefficient (Wildman–Crippen LogP) is 0.724. The van der Waals surface area contributed by atoms with Gasteiger partial charge in [-0.05, 0) is 6.92 Å². The molecule has 0 amide bonds. The van der Waals surface area contributed by atoms with E-state index in [0.717, 1.165) is 5.56 Å². The number of carbonyl (C=O) groups excluding carboxylic acids is 1. The average molecular weight is 248 g/mol. The van der Waals surface area contributed by atoms with Crippen LogP contribution in [0.2, 0.25) is 0 Å². The second-order valence-corrected chi connectivity index (χ2v) is 3.90. The van der Waals surface area contributed by atoms with E-state index in [1.54, 1.807) is 6.92 Å². The van der Waals surface area contributed by atoms with Gasteiger partial charge in [-0.25, -0.2) is 4.79 Å². The topological polar surface area (TPSA) is 73.9 Å². The maximum atomic E-state index is 12.0. The largest absolute Gasteiger partial charge is 0.463 e. The molecule has 0 aromatic heterocycles. The number of ether oxygens (including phenoxy) is 2. The lowest BCUT2D eigenvalue weighted by Crippen LogP contribution is -2.60. The van der Waals surface area contributed by atoms with Crippen LogP contribution in [-0.4, -0.2) is 37.2 Å². The maximum absolute atomic E-state index is 12.0. The molecule has 2 N–H and O–H groups in total. The van der Waals surface area contributed by atoms with Crippen LogP contribution in [0, 0.1) is 0 Å². The summed E-state index contributed by atoms with van der Waals surface area (Å²) >= 11 is 0. The molecule has 1 heterocycles. The van der Waals surface area contributed by atoms with Gasteiger partial charge in [0, 0.05) is 5.56 Å². The molecule has 96 valence electrons. The summed E-state index contributed by atoms with van der Waals surface area (Å²) in [5.74, 6) is -0.604. The number of rotatable bonds is 3. The molecule has 1 atom stereocenters. The van der Waals surface area contributed by atoms with Crippen LogP contribution in [0.1, 0.15) is 12.5 Å². The SMILES string of the molecule is CCOC(=O)C1(N)OCCN=C1c1ccccc1. The van der Waals surface area contributed by atoms with Crippen molar-refractivity contribution in [3.63, 3.8) is 0 Å². The zero-order chi connectivity index (χ0) is 13.0. The Morgan fingerprint density at radius 1 is 1.50 bits per heavy atom. The first-order valence-electron chi connectivity index (χ1n) is 5.89. The molecule has 0 spiro atoms. The summed E-state index contributed by atoms with van der Waals surface area (Å²) in [5, 5.41) is 0. The zero-order valence-corrected chi connectivity index (χ0v) is 10.3. The van der Waals surface area contributed by atoms with Gasteiger partial charge in [0.1, 0.15) is 5.71 Å². The van der Waals surface area contributed by atoms with Gasteiger partial charge in [-0.15, -0.1) is 0 Å². The number of nitrogens with two attached hydrogens (primary N) is 1. The van der Waals surface area contributed by atoms with Crippen molar-refractivity contribution >= 4 is 11.7 Å². The van der Waals surface area contributed by atoms with Crippen LogP contribution in [0.4, 0.5) is 0 Å². The number of benzene rings is 1. The Labute approximate surface area is 106 Å². The smallest absolute Gasteiger partial charge is 0.360 e. The Morgan fingerprint density at radius 3 is 2.89 bits per heavy atom. The summed E-state index contributed by atoms with van der Waals surface area (Å²) in [7, 11) is 0. The molecule has 1 aromatic rings. The summed E-state index contributed by atoms with van der Waals surface area (Å²) in [6, 6.07) is 9.29. The van der Waals surface area contributed by atoms with E-state index in [1.165, 1.54) is 0 Å². The molecule has 0 fully saturated rings. The van der Waals surface area contributed by atoms with Gasteiger partial charge in [-0.2, -0.15) is 0 Å². The fourth-order valence-electron chi connectivity index (χ4n) is 1.85. The quantitative estimate of drug-likeness (QED) is 0.800. The first-order valence-corrected chi connectivity index (χ1v) is 5.89. The third kappa shape index (κ3) is 2.27. The summed E-state index contributed by atoms with van der Waals surface area (Å²) in [5.41, 5.74) is 5.63. The molecule has 0 bridgehead atoms. The zero-order valence-electron chi connectivity index (χ0n) is 10.3. The van der Waals surface area contributed by atoms with Crippen LogP contribution < -0.4 is 5.73 Å². The molecule has 1 unspecified atom stereocenters. The molecule has 1 aliphatic rings. The first kappa shape index (κ1) is 12.7. The van der Waals surface area contributed by atoms with Crippen molar-refractivity contribution in [1.82, 2.24) is 0 Å². The van der Waals surface area contributed by atoms with Crippen molar-refractivity contribution in [3.8, 4) is 0 Å². The van der Waals surface area contributed by atoms with E-state index in [2.05, 4.69) is 4.99 Å². The molecular formula is C13H16N2O3. The van der Waals surface area contributed by atoms with E-state index in [4.69, 9.17) is 15.2 Å². The number of carbonyl (C=O) groups is 1. The minimum Gasteiger partial charge on any atom is -0.463 e. The third-order valence-corrected chi connectivity index (χ3v) is 2.67. The Balaban J connectivity index is 2.37. The first-order chi connectivity index (χ1) is 8.68. The fraction of sp³-hybridized carbons (Fsp3) is 0.385. The van der Waals surface area contributed by atoms with Crippen molar-refractivity contribution < 1.29 is 14.3 Å². The van der Waals surface area contributed by atoms with Gasteiger partial charge in [0.05, 0.1) is 19.8 Å². The molecule has 5 nitrogen and oxygen atoms in total. The standard InChI is InChI=1S/C13H16N2O3/c1-2-17-12(16)13(14)11(15-8-9-18-13)10-6-4-3-5-7-10/h3-7H,2,8-9,14H2,1H3. The average Bonchev–Trinajstić information content (AvgIpc) is 2.40. The van der Waals surface area contributed by atoms with Gasteiger partial charge >= 0.3 is 5.97 Å². The lowest BCUT2D eigenvalue weighted by molar-refractivity contribution is -0.163. The number of esters is 1. The van der Waals surface area contributed by atoms with E-state index >= 15 is 0 Å². The van der Waals surface area contributed by atoms with Crippen molar-refractivity contribution in [1.29, 1.82) is 0 Å². The van der Waals surface area contributed by atoms with E-state index in [1.807, 2.05) is 30.3 Å². The molecule has 0 saturated heterocycles. The van der Waals surface area contributed by atoms with Gasteiger partial charge in [-0.1, -0.05) is 30.3 Å². The molecule has 1 aliphatic heterocycles. The molecule has 1 aromatic carbocycles. The van der Waals surface area contributed by atoms with Gasteiger partial charge in [0.2, 0.25) is 0 Å². The van der Waals surface area contributed by atoms with Crippen LogP contribution >= 0.6 is 0 Å². The van der Waals surface area contributed by atoms with Crippen molar-refractivity contribution in [2.24, 2.45) is 10.7 Å². The van der Waals surface area contributed by atoms with Crippen LogP contribution in [0.3, 0.4) is 0 Å². The van der Waals surface area contributed by atoms with E-state index in [-0.39, 0.29) is 6.61 Å². The summed E-state index contributed by atoms with van der Waals surface area (Å²) < 4.78 is 10.4. The van der Waals surface area contributed by atoms with E-state index < -0.39 is 11.7 Å². The number of hydrogen-bond acceptors (Lipinski definition) is 5. The Kier molecular flexibility index (Phi) is 3.74. The molecule has 0 radical (unpaired) electrons. The number of aliphatic imine (C=N–C) groups is 1. The maximum Gasteiger partial charge on any atom is 0.360 e. The Morgan fingerprint density at radius 2 is 2.22 bits per heavy atom. The number of nitrogens with zero attached hydrogens (tertiary/aromatic N) is 1. The van der Waals surface area contributed by atoms with Gasteiger partial charge in [-0.3, -0.25) is 10.7 Å². The second kappa shape index (κ2) is 5.29. The van der Waals surface area contributed by atoms with Gasteiger partial charge in [0.15, 0.2) is 0 Å². The summed E-state index contributed by atoms with van der Waals surface area (Å²) in [6.45, 7) is 2.78. The summed E-state index contributed by atoms with van der Waals surface area (Å²) in [4.78, 5) is 16.3. The monoisotopic (exact) mass is 248 g/mol. The molecule has 5 heteroatoms. The fourth-order valence-corrected chi connectivity index (χ4v) is 1.85.